The molecule has 0 unspecified atom stereocenters. The van der Waals surface area contributed by atoms with Crippen LogP contribution in [0.25, 0.3) is 16.7 Å². The Labute approximate surface area is 180 Å². The van der Waals surface area contributed by atoms with E-state index in [2.05, 4.69) is 32.6 Å². The van der Waals surface area contributed by atoms with Crippen molar-refractivity contribution in [3.63, 3.8) is 0 Å². The van der Waals surface area contributed by atoms with E-state index >= 15 is 0 Å². The highest BCUT2D eigenvalue weighted by molar-refractivity contribution is 5.93. The number of aromatic carboxylic acids is 1. The quantitative estimate of drug-likeness (QED) is 0.588. The molecule has 1 aliphatic heterocycles. The van der Waals surface area contributed by atoms with E-state index < -0.39 is 5.97 Å². The van der Waals surface area contributed by atoms with E-state index in [1.807, 2.05) is 18.2 Å². The summed E-state index contributed by atoms with van der Waals surface area (Å²) >= 11 is 0. The second kappa shape index (κ2) is 9.16. The molecule has 1 fully saturated rings. The number of imidazole rings is 1. The van der Waals surface area contributed by atoms with Crippen LogP contribution in [-0.4, -0.2) is 72.0 Å². The maximum atomic E-state index is 11.4. The molecule has 0 bridgehead atoms. The first kappa shape index (κ1) is 20.8. The lowest BCUT2D eigenvalue weighted by Gasteiger charge is -2.35. The summed E-state index contributed by atoms with van der Waals surface area (Å²) in [5.41, 5.74) is 3.84. The molecule has 3 aromatic rings. The van der Waals surface area contributed by atoms with Crippen LogP contribution in [0.1, 0.15) is 16.2 Å². The van der Waals surface area contributed by atoms with E-state index in [9.17, 15) is 9.90 Å². The predicted molar refractivity (Wildman–Crippen MR) is 118 cm³/mol. The molecule has 0 amide bonds. The van der Waals surface area contributed by atoms with E-state index in [1.165, 1.54) is 0 Å². The maximum absolute atomic E-state index is 11.4. The maximum Gasteiger partial charge on any atom is 0.335 e. The Hall–Kier alpha value is -3.41. The molecule has 31 heavy (non-hydrogen) atoms. The van der Waals surface area contributed by atoms with Gasteiger partial charge in [0, 0.05) is 51.1 Å². The van der Waals surface area contributed by atoms with Gasteiger partial charge in [0.1, 0.15) is 5.82 Å². The average Bonchev–Trinajstić information content (AvgIpc) is 3.16. The summed E-state index contributed by atoms with van der Waals surface area (Å²) in [6.45, 7) is 4.46. The number of carboxylic acid groups (broad SMARTS) is 1. The highest BCUT2D eigenvalue weighted by atomic mass is 16.5. The number of piperazine rings is 1. The van der Waals surface area contributed by atoms with Crippen molar-refractivity contribution >= 4 is 22.7 Å². The highest BCUT2D eigenvalue weighted by Gasteiger charge is 2.19. The summed E-state index contributed by atoms with van der Waals surface area (Å²) in [5, 5.41) is 18.2. The largest absolute Gasteiger partial charge is 0.478 e. The molecule has 8 heteroatoms. The van der Waals surface area contributed by atoms with Gasteiger partial charge in [0.05, 0.1) is 35.8 Å². The number of ether oxygens (including phenoxy) is 1. The number of nitrogens with zero attached hydrogens (tertiary/aromatic N) is 5. The van der Waals surface area contributed by atoms with Crippen LogP contribution in [-0.2, 0) is 11.2 Å². The first-order valence-corrected chi connectivity index (χ1v) is 10.3. The number of anilines is 1. The lowest BCUT2D eigenvalue weighted by Crippen LogP contribution is -2.46. The topological polar surface area (TPSA) is 94.6 Å². The van der Waals surface area contributed by atoms with Crippen molar-refractivity contribution < 1.29 is 14.6 Å². The number of hydrogen-bond acceptors (Lipinski definition) is 6. The van der Waals surface area contributed by atoms with Gasteiger partial charge in [-0.3, -0.25) is 9.47 Å². The number of methoxy groups -OCH3 is 1. The molecule has 0 spiro atoms. The Morgan fingerprint density at radius 1 is 1.16 bits per heavy atom. The smallest absolute Gasteiger partial charge is 0.335 e. The van der Waals surface area contributed by atoms with Crippen LogP contribution in [0, 0.1) is 11.3 Å². The molecule has 1 aliphatic rings. The van der Waals surface area contributed by atoms with E-state index in [4.69, 9.17) is 15.0 Å². The molecule has 1 saturated heterocycles. The number of nitriles is 1. The number of rotatable bonds is 7. The Kier molecular flexibility index (Phi) is 6.16. The second-order valence-corrected chi connectivity index (χ2v) is 7.56. The molecule has 4 rings (SSSR count). The van der Waals surface area contributed by atoms with Crippen molar-refractivity contribution in [1.29, 1.82) is 5.26 Å². The van der Waals surface area contributed by atoms with Gasteiger partial charge in [-0.1, -0.05) is 6.07 Å². The SMILES string of the molecule is COCCc1nc2cc(C(=O)O)ccc2n1-c1cccc(N2CCN(CC#N)CC2)c1. The van der Waals surface area contributed by atoms with Crippen LogP contribution in [0.3, 0.4) is 0 Å². The Morgan fingerprint density at radius 3 is 2.65 bits per heavy atom. The summed E-state index contributed by atoms with van der Waals surface area (Å²) in [6.07, 6.45) is 0.616. The normalized spacial score (nSPS) is 14.6. The van der Waals surface area contributed by atoms with Gasteiger partial charge in [-0.2, -0.15) is 5.26 Å². The molecule has 2 heterocycles. The fraction of sp³-hybridized carbons (Fsp3) is 0.348. The van der Waals surface area contributed by atoms with Gasteiger partial charge in [-0.15, -0.1) is 0 Å². The summed E-state index contributed by atoms with van der Waals surface area (Å²) in [7, 11) is 1.65. The van der Waals surface area contributed by atoms with Gasteiger partial charge >= 0.3 is 5.97 Å². The van der Waals surface area contributed by atoms with Crippen molar-refractivity contribution in [3.8, 4) is 11.8 Å². The molecular weight excluding hydrogens is 394 g/mol. The number of benzene rings is 2. The molecule has 0 atom stereocenters. The van der Waals surface area contributed by atoms with Crippen LogP contribution in [0.4, 0.5) is 5.69 Å². The van der Waals surface area contributed by atoms with Crippen LogP contribution in [0.2, 0.25) is 0 Å². The van der Waals surface area contributed by atoms with Crippen LogP contribution >= 0.6 is 0 Å². The van der Waals surface area contributed by atoms with Crippen LogP contribution in [0.5, 0.6) is 0 Å². The monoisotopic (exact) mass is 419 g/mol. The van der Waals surface area contributed by atoms with Gasteiger partial charge in [0.2, 0.25) is 0 Å². The van der Waals surface area contributed by atoms with Crippen molar-refractivity contribution in [2.45, 2.75) is 6.42 Å². The van der Waals surface area contributed by atoms with Gasteiger partial charge < -0.3 is 14.7 Å². The third kappa shape index (κ3) is 4.38. The highest BCUT2D eigenvalue weighted by Crippen LogP contribution is 2.26. The summed E-state index contributed by atoms with van der Waals surface area (Å²) < 4.78 is 7.34. The first-order valence-electron chi connectivity index (χ1n) is 10.3. The Balaban J connectivity index is 1.70. The van der Waals surface area contributed by atoms with Crippen molar-refractivity contribution in [3.05, 3.63) is 53.9 Å². The predicted octanol–water partition coefficient (Wildman–Crippen LogP) is 2.56. The third-order valence-electron chi connectivity index (χ3n) is 5.62. The fourth-order valence-corrected chi connectivity index (χ4v) is 4.01. The van der Waals surface area contributed by atoms with E-state index in [0.717, 1.165) is 48.9 Å². The van der Waals surface area contributed by atoms with Crippen molar-refractivity contribution in [2.75, 3.05) is 51.3 Å². The van der Waals surface area contributed by atoms with Crippen LogP contribution in [0.15, 0.2) is 42.5 Å². The first-order chi connectivity index (χ1) is 15.1. The number of carboxylic acids is 1. The molecule has 1 N–H and O–H groups in total. The standard InChI is InChI=1S/C23H25N5O3/c1-31-14-7-22-25-20-15-17(23(29)30)5-6-21(20)28(22)19-4-2-3-18(16-19)27-12-10-26(9-8-24)11-13-27/h2-6,15-16H,7,9-14H2,1H3,(H,29,30). The second-order valence-electron chi connectivity index (χ2n) is 7.56. The van der Waals surface area contributed by atoms with E-state index in [-0.39, 0.29) is 5.56 Å². The van der Waals surface area contributed by atoms with E-state index in [1.54, 1.807) is 19.2 Å². The van der Waals surface area contributed by atoms with Gasteiger partial charge in [-0.05, 0) is 36.4 Å². The molecular formula is C23H25N5O3. The Bertz CT molecular complexity index is 1130. The molecule has 160 valence electrons. The lowest BCUT2D eigenvalue weighted by molar-refractivity contribution is 0.0697. The minimum Gasteiger partial charge on any atom is -0.478 e. The summed E-state index contributed by atoms with van der Waals surface area (Å²) in [4.78, 5) is 20.6. The summed E-state index contributed by atoms with van der Waals surface area (Å²) in [5.74, 6) is -0.136. The molecule has 1 aromatic heterocycles. The zero-order valence-electron chi connectivity index (χ0n) is 17.5. The fourth-order valence-electron chi connectivity index (χ4n) is 4.01. The molecule has 8 nitrogen and oxygen atoms in total. The number of aromatic nitrogens is 2. The summed E-state index contributed by atoms with van der Waals surface area (Å²) in [6, 6.07) is 15.6. The van der Waals surface area contributed by atoms with Crippen LogP contribution < -0.4 is 4.90 Å². The zero-order valence-corrected chi connectivity index (χ0v) is 17.5. The van der Waals surface area contributed by atoms with Crippen molar-refractivity contribution in [1.82, 2.24) is 14.5 Å². The number of carbonyl (C=O) groups is 1. The number of hydrogen-bond donors (Lipinski definition) is 1. The minimum absolute atomic E-state index is 0.222. The molecule has 0 saturated carbocycles. The number of fused-ring (bicyclic) bond motifs is 1. The molecule has 2 aromatic carbocycles. The third-order valence-corrected chi connectivity index (χ3v) is 5.62. The molecule has 0 aliphatic carbocycles. The minimum atomic E-state index is -0.965. The Morgan fingerprint density at radius 2 is 1.94 bits per heavy atom. The lowest BCUT2D eigenvalue weighted by atomic mass is 10.2. The van der Waals surface area contributed by atoms with E-state index in [0.29, 0.717) is 25.1 Å². The van der Waals surface area contributed by atoms with Gasteiger partial charge in [0.25, 0.3) is 0 Å². The molecule has 0 radical (unpaired) electrons. The van der Waals surface area contributed by atoms with Crippen molar-refractivity contribution in [2.24, 2.45) is 0 Å². The zero-order chi connectivity index (χ0) is 21.8. The van der Waals surface area contributed by atoms with Gasteiger partial charge in [-0.25, -0.2) is 9.78 Å². The average molecular weight is 419 g/mol. The van der Waals surface area contributed by atoms with Gasteiger partial charge in [0.15, 0.2) is 0 Å².